The molecule has 1 amide bonds. The predicted octanol–water partition coefficient (Wildman–Crippen LogP) is 3.88. The van der Waals surface area contributed by atoms with Crippen LogP contribution < -0.4 is 5.32 Å². The third-order valence-electron chi connectivity index (χ3n) is 4.15. The van der Waals surface area contributed by atoms with Crippen LogP contribution in [0.15, 0.2) is 18.6 Å². The summed E-state index contributed by atoms with van der Waals surface area (Å²) in [5, 5.41) is 12.9. The summed E-state index contributed by atoms with van der Waals surface area (Å²) in [4.78, 5) is 17.9. The Labute approximate surface area is 161 Å². The average Bonchev–Trinajstić information content (AvgIpc) is 3.28. The maximum Gasteiger partial charge on any atom is 0.267 e. The van der Waals surface area contributed by atoms with Crippen LogP contribution in [0.25, 0.3) is 0 Å². The lowest BCUT2D eigenvalue weighted by Crippen LogP contribution is -2.12. The number of amides is 1. The van der Waals surface area contributed by atoms with Crippen LogP contribution in [-0.2, 0) is 13.1 Å². The summed E-state index contributed by atoms with van der Waals surface area (Å²) >= 11 is 7.32. The number of halogens is 1. The molecule has 0 unspecified atom stereocenters. The molecule has 0 fully saturated rings. The first kappa shape index (κ1) is 18.6. The van der Waals surface area contributed by atoms with E-state index in [1.165, 1.54) is 11.3 Å². The topological polar surface area (TPSA) is 77.6 Å². The van der Waals surface area contributed by atoms with Crippen molar-refractivity contribution in [3.63, 3.8) is 0 Å². The lowest BCUT2D eigenvalue weighted by molar-refractivity contribution is 0.102. The Balaban J connectivity index is 1.74. The maximum atomic E-state index is 12.7. The van der Waals surface area contributed by atoms with Gasteiger partial charge in [-0.2, -0.15) is 10.2 Å². The Morgan fingerprint density at radius 2 is 2.12 bits per heavy atom. The molecule has 1 N–H and O–H groups in total. The highest BCUT2D eigenvalue weighted by Crippen LogP contribution is 2.27. The van der Waals surface area contributed by atoms with E-state index in [0.717, 1.165) is 28.6 Å². The van der Waals surface area contributed by atoms with Crippen molar-refractivity contribution in [2.45, 2.75) is 46.7 Å². The number of thiazole rings is 1. The Hall–Kier alpha value is -2.19. The fraction of sp³-hybridized carbons (Fsp3) is 0.412. The van der Waals surface area contributed by atoms with E-state index >= 15 is 0 Å². The van der Waals surface area contributed by atoms with E-state index in [1.54, 1.807) is 23.3 Å². The van der Waals surface area contributed by atoms with Gasteiger partial charge in [0.1, 0.15) is 4.88 Å². The summed E-state index contributed by atoms with van der Waals surface area (Å²) in [5.41, 5.74) is 2.39. The normalized spacial score (nSPS) is 12.3. The third kappa shape index (κ3) is 3.81. The number of carbonyl (C=O) groups excluding carboxylic acids is 1. The molecule has 0 saturated heterocycles. The van der Waals surface area contributed by atoms with Gasteiger partial charge in [-0.1, -0.05) is 18.5 Å². The number of nitrogens with zero attached hydrogens (tertiary/aromatic N) is 5. The number of aryl methyl sites for hydroxylation is 2. The van der Waals surface area contributed by atoms with Crippen molar-refractivity contribution in [1.29, 1.82) is 0 Å². The van der Waals surface area contributed by atoms with Crippen molar-refractivity contribution in [1.82, 2.24) is 24.5 Å². The zero-order chi connectivity index (χ0) is 18.8. The quantitative estimate of drug-likeness (QED) is 0.690. The zero-order valence-electron chi connectivity index (χ0n) is 15.2. The minimum absolute atomic E-state index is 0.126. The van der Waals surface area contributed by atoms with Crippen LogP contribution in [0.1, 0.15) is 45.8 Å². The Kier molecular flexibility index (Phi) is 5.43. The molecule has 26 heavy (non-hydrogen) atoms. The van der Waals surface area contributed by atoms with Gasteiger partial charge >= 0.3 is 0 Å². The van der Waals surface area contributed by atoms with Crippen LogP contribution in [0, 0.1) is 13.8 Å². The van der Waals surface area contributed by atoms with Crippen LogP contribution in [0.5, 0.6) is 0 Å². The van der Waals surface area contributed by atoms with Gasteiger partial charge in [-0.3, -0.25) is 14.2 Å². The number of rotatable bonds is 6. The smallest absolute Gasteiger partial charge is 0.267 e. The molecule has 0 aromatic carbocycles. The van der Waals surface area contributed by atoms with Gasteiger partial charge in [0.25, 0.3) is 5.91 Å². The molecule has 3 rings (SSSR count). The van der Waals surface area contributed by atoms with Gasteiger partial charge < -0.3 is 5.32 Å². The van der Waals surface area contributed by atoms with E-state index in [1.807, 2.05) is 25.5 Å². The second-order valence-electron chi connectivity index (χ2n) is 6.16. The molecule has 0 aliphatic rings. The first-order chi connectivity index (χ1) is 12.4. The second kappa shape index (κ2) is 7.59. The van der Waals surface area contributed by atoms with Crippen molar-refractivity contribution in [2.24, 2.45) is 0 Å². The van der Waals surface area contributed by atoms with Gasteiger partial charge in [0.05, 0.1) is 39.5 Å². The van der Waals surface area contributed by atoms with Crippen LogP contribution >= 0.6 is 22.9 Å². The molecular weight excluding hydrogens is 372 g/mol. The molecule has 0 aliphatic heterocycles. The summed E-state index contributed by atoms with van der Waals surface area (Å²) in [7, 11) is 0. The van der Waals surface area contributed by atoms with Crippen molar-refractivity contribution >= 4 is 34.5 Å². The third-order valence-corrected chi connectivity index (χ3v) is 5.74. The predicted molar refractivity (Wildman–Crippen MR) is 103 cm³/mol. The molecule has 3 aromatic rings. The maximum absolute atomic E-state index is 12.7. The number of anilines is 1. The molecule has 0 radical (unpaired) electrons. The van der Waals surface area contributed by atoms with E-state index in [2.05, 4.69) is 27.4 Å². The number of nitrogens with one attached hydrogen (secondary N) is 1. The standard InChI is InChI=1S/C17H21ClN6OS/c1-5-24-12(4)14(7-20-24)22-16(25)15-11(3)21-17(26-15)10(2)8-23-9-13(18)6-19-23/h6-7,9-10H,5,8H2,1-4H3,(H,22,25)/t10-/m0/s1. The van der Waals surface area contributed by atoms with Gasteiger partial charge in [0, 0.05) is 25.2 Å². The molecule has 0 spiro atoms. The lowest BCUT2D eigenvalue weighted by Gasteiger charge is -2.07. The van der Waals surface area contributed by atoms with Crippen LogP contribution in [-0.4, -0.2) is 30.5 Å². The van der Waals surface area contributed by atoms with Gasteiger partial charge in [-0.05, 0) is 20.8 Å². The molecule has 9 heteroatoms. The van der Waals surface area contributed by atoms with Crippen LogP contribution in [0.4, 0.5) is 5.69 Å². The summed E-state index contributed by atoms with van der Waals surface area (Å²) in [5.74, 6) is -0.0277. The fourth-order valence-electron chi connectivity index (χ4n) is 2.70. The zero-order valence-corrected chi connectivity index (χ0v) is 16.7. The van der Waals surface area contributed by atoms with Crippen LogP contribution in [0.3, 0.4) is 0 Å². The molecule has 3 aromatic heterocycles. The summed E-state index contributed by atoms with van der Waals surface area (Å²) in [6.45, 7) is 9.29. The fourth-order valence-corrected chi connectivity index (χ4v) is 3.86. The van der Waals surface area contributed by atoms with Crippen molar-refractivity contribution in [3.05, 3.63) is 44.9 Å². The number of aromatic nitrogens is 5. The molecule has 3 heterocycles. The Morgan fingerprint density at radius 1 is 1.35 bits per heavy atom. The van der Waals surface area contributed by atoms with Crippen molar-refractivity contribution in [3.8, 4) is 0 Å². The van der Waals surface area contributed by atoms with Gasteiger partial charge in [-0.25, -0.2) is 4.98 Å². The lowest BCUT2D eigenvalue weighted by atomic mass is 10.2. The SMILES string of the molecule is CCn1ncc(NC(=O)c2sc([C@@H](C)Cn3cc(Cl)cn3)nc2C)c1C. The van der Waals surface area contributed by atoms with E-state index in [0.29, 0.717) is 16.4 Å². The Bertz CT molecular complexity index is 928. The molecule has 138 valence electrons. The van der Waals surface area contributed by atoms with Gasteiger partial charge in [-0.15, -0.1) is 11.3 Å². The number of hydrogen-bond acceptors (Lipinski definition) is 5. The summed E-state index contributed by atoms with van der Waals surface area (Å²) < 4.78 is 3.63. The monoisotopic (exact) mass is 392 g/mol. The molecule has 0 aliphatic carbocycles. The summed E-state index contributed by atoms with van der Waals surface area (Å²) in [6.07, 6.45) is 5.07. The minimum Gasteiger partial charge on any atom is -0.318 e. The first-order valence-electron chi connectivity index (χ1n) is 8.38. The molecule has 7 nitrogen and oxygen atoms in total. The number of hydrogen-bond donors (Lipinski definition) is 1. The average molecular weight is 393 g/mol. The largest absolute Gasteiger partial charge is 0.318 e. The molecule has 0 saturated carbocycles. The van der Waals surface area contributed by atoms with Gasteiger partial charge in [0.2, 0.25) is 0 Å². The molecule has 1 atom stereocenters. The van der Waals surface area contributed by atoms with E-state index in [9.17, 15) is 4.79 Å². The molecule has 0 bridgehead atoms. The van der Waals surface area contributed by atoms with Crippen molar-refractivity contribution in [2.75, 3.05) is 5.32 Å². The van der Waals surface area contributed by atoms with E-state index in [4.69, 9.17) is 11.6 Å². The number of carbonyl (C=O) groups is 1. The first-order valence-corrected chi connectivity index (χ1v) is 9.57. The highest BCUT2D eigenvalue weighted by molar-refractivity contribution is 7.14. The van der Waals surface area contributed by atoms with Crippen LogP contribution in [0.2, 0.25) is 5.02 Å². The van der Waals surface area contributed by atoms with E-state index < -0.39 is 0 Å². The highest BCUT2D eigenvalue weighted by atomic mass is 35.5. The second-order valence-corrected chi connectivity index (χ2v) is 7.63. The highest BCUT2D eigenvalue weighted by Gasteiger charge is 2.20. The van der Waals surface area contributed by atoms with Gasteiger partial charge in [0.15, 0.2) is 0 Å². The molecular formula is C17H21ClN6OS. The minimum atomic E-state index is -0.153. The summed E-state index contributed by atoms with van der Waals surface area (Å²) in [6, 6.07) is 0. The Morgan fingerprint density at radius 3 is 2.73 bits per heavy atom. The van der Waals surface area contributed by atoms with Crippen molar-refractivity contribution < 1.29 is 4.79 Å². The van der Waals surface area contributed by atoms with E-state index in [-0.39, 0.29) is 11.8 Å².